The van der Waals surface area contributed by atoms with E-state index in [0.717, 1.165) is 17.3 Å². The number of hydrogen-bond donors (Lipinski definition) is 0. The van der Waals surface area contributed by atoms with E-state index in [2.05, 4.69) is 4.98 Å². The molecular formula is C17H11F2N. The van der Waals surface area contributed by atoms with Gasteiger partial charge in [0.15, 0.2) is 11.6 Å². The quantitative estimate of drug-likeness (QED) is 0.656. The minimum absolute atomic E-state index is 0.253. The van der Waals surface area contributed by atoms with Crippen LogP contribution in [0.15, 0.2) is 66.9 Å². The molecule has 0 fully saturated rings. The van der Waals surface area contributed by atoms with Crippen LogP contribution in [-0.4, -0.2) is 4.98 Å². The Morgan fingerprint density at radius 3 is 2.35 bits per heavy atom. The van der Waals surface area contributed by atoms with Gasteiger partial charge in [-0.25, -0.2) is 8.78 Å². The van der Waals surface area contributed by atoms with E-state index in [1.807, 2.05) is 30.3 Å². The van der Waals surface area contributed by atoms with E-state index < -0.39 is 11.6 Å². The topological polar surface area (TPSA) is 12.9 Å². The normalized spacial score (nSPS) is 10.5. The second kappa shape index (κ2) is 5.21. The molecule has 20 heavy (non-hydrogen) atoms. The molecule has 2 aromatic carbocycles. The summed E-state index contributed by atoms with van der Waals surface area (Å²) in [6, 6.07) is 17.0. The van der Waals surface area contributed by atoms with Gasteiger partial charge in [0.1, 0.15) is 0 Å². The fourth-order valence-electron chi connectivity index (χ4n) is 2.11. The van der Waals surface area contributed by atoms with Crippen LogP contribution >= 0.6 is 0 Å². The Balaban J connectivity index is 2.10. The molecule has 1 nitrogen and oxygen atoms in total. The molecule has 0 aliphatic carbocycles. The second-order valence-corrected chi connectivity index (χ2v) is 4.40. The molecule has 0 saturated carbocycles. The Hall–Kier alpha value is -2.55. The van der Waals surface area contributed by atoms with Crippen LogP contribution in [0.1, 0.15) is 0 Å². The molecule has 0 aliphatic rings. The molecule has 0 N–H and O–H groups in total. The number of pyridine rings is 1. The lowest BCUT2D eigenvalue weighted by atomic mass is 10.0. The van der Waals surface area contributed by atoms with Crippen molar-refractivity contribution in [3.63, 3.8) is 0 Å². The predicted molar refractivity (Wildman–Crippen MR) is 75.0 cm³/mol. The summed E-state index contributed by atoms with van der Waals surface area (Å²) < 4.78 is 27.1. The number of benzene rings is 2. The van der Waals surface area contributed by atoms with Crippen LogP contribution in [0, 0.1) is 11.6 Å². The number of hydrogen-bond acceptors (Lipinski definition) is 1. The van der Waals surface area contributed by atoms with E-state index in [4.69, 9.17) is 0 Å². The van der Waals surface area contributed by atoms with Crippen molar-refractivity contribution in [3.8, 4) is 22.4 Å². The maximum atomic E-state index is 13.8. The Kier molecular flexibility index (Phi) is 3.25. The fourth-order valence-corrected chi connectivity index (χ4v) is 2.11. The number of rotatable bonds is 2. The van der Waals surface area contributed by atoms with Crippen molar-refractivity contribution >= 4 is 0 Å². The van der Waals surface area contributed by atoms with Crippen molar-refractivity contribution in [2.45, 2.75) is 0 Å². The Morgan fingerprint density at radius 2 is 1.55 bits per heavy atom. The molecule has 98 valence electrons. The van der Waals surface area contributed by atoms with Gasteiger partial charge in [-0.3, -0.25) is 4.98 Å². The van der Waals surface area contributed by atoms with Gasteiger partial charge in [-0.05, 0) is 29.8 Å². The van der Waals surface area contributed by atoms with Crippen LogP contribution in [0.5, 0.6) is 0 Å². The van der Waals surface area contributed by atoms with Crippen molar-refractivity contribution in [2.75, 3.05) is 0 Å². The van der Waals surface area contributed by atoms with E-state index in [0.29, 0.717) is 5.56 Å². The number of halogens is 2. The number of nitrogens with zero attached hydrogens (tertiary/aromatic N) is 1. The lowest BCUT2D eigenvalue weighted by molar-refractivity contribution is 0.511. The molecule has 0 bridgehead atoms. The standard InChI is InChI=1S/C17H11F2N/c18-15-8-4-7-14(17(15)19)12-5-3-6-13(11-12)16-9-1-2-10-20-16/h1-11H. The van der Waals surface area contributed by atoms with E-state index in [1.165, 1.54) is 6.07 Å². The summed E-state index contributed by atoms with van der Waals surface area (Å²) in [7, 11) is 0. The first-order chi connectivity index (χ1) is 9.75. The maximum Gasteiger partial charge on any atom is 0.166 e. The van der Waals surface area contributed by atoms with Gasteiger partial charge in [-0.2, -0.15) is 0 Å². The van der Waals surface area contributed by atoms with Crippen molar-refractivity contribution in [1.82, 2.24) is 4.98 Å². The van der Waals surface area contributed by atoms with Crippen molar-refractivity contribution in [2.24, 2.45) is 0 Å². The van der Waals surface area contributed by atoms with Crippen LogP contribution in [-0.2, 0) is 0 Å². The summed E-state index contributed by atoms with van der Waals surface area (Å²) in [5.74, 6) is -1.67. The van der Waals surface area contributed by atoms with Crippen molar-refractivity contribution < 1.29 is 8.78 Å². The van der Waals surface area contributed by atoms with Gasteiger partial charge in [-0.1, -0.05) is 36.4 Å². The van der Waals surface area contributed by atoms with Gasteiger partial charge >= 0.3 is 0 Å². The average molecular weight is 267 g/mol. The van der Waals surface area contributed by atoms with Crippen LogP contribution in [0.2, 0.25) is 0 Å². The van der Waals surface area contributed by atoms with Crippen molar-refractivity contribution in [1.29, 1.82) is 0 Å². The van der Waals surface area contributed by atoms with Crippen LogP contribution in [0.25, 0.3) is 22.4 Å². The minimum Gasteiger partial charge on any atom is -0.256 e. The molecule has 1 heterocycles. The molecule has 0 unspecified atom stereocenters. The maximum absolute atomic E-state index is 13.8. The Bertz CT molecular complexity index is 739. The Morgan fingerprint density at radius 1 is 0.750 bits per heavy atom. The molecular weight excluding hydrogens is 256 g/mol. The van der Waals surface area contributed by atoms with Gasteiger partial charge < -0.3 is 0 Å². The Labute approximate surface area is 115 Å². The lowest BCUT2D eigenvalue weighted by Crippen LogP contribution is -1.90. The molecule has 3 rings (SSSR count). The SMILES string of the molecule is Fc1cccc(-c2cccc(-c3ccccn3)c2)c1F. The van der Waals surface area contributed by atoms with Crippen molar-refractivity contribution in [3.05, 3.63) is 78.5 Å². The van der Waals surface area contributed by atoms with Gasteiger partial charge in [0.25, 0.3) is 0 Å². The van der Waals surface area contributed by atoms with E-state index in [-0.39, 0.29) is 5.56 Å². The highest BCUT2D eigenvalue weighted by atomic mass is 19.2. The highest BCUT2D eigenvalue weighted by Crippen LogP contribution is 2.28. The molecule has 0 saturated heterocycles. The first kappa shape index (κ1) is 12.5. The van der Waals surface area contributed by atoms with Crippen LogP contribution in [0.4, 0.5) is 8.78 Å². The first-order valence-corrected chi connectivity index (χ1v) is 6.21. The van der Waals surface area contributed by atoms with E-state index in [9.17, 15) is 8.78 Å². The zero-order valence-electron chi connectivity index (χ0n) is 10.6. The molecule has 0 spiro atoms. The fraction of sp³-hybridized carbons (Fsp3) is 0. The van der Waals surface area contributed by atoms with E-state index >= 15 is 0 Å². The van der Waals surface area contributed by atoms with Gasteiger partial charge in [-0.15, -0.1) is 0 Å². The number of aromatic nitrogens is 1. The zero-order chi connectivity index (χ0) is 13.9. The third-order valence-corrected chi connectivity index (χ3v) is 3.09. The summed E-state index contributed by atoms with van der Waals surface area (Å²) in [5.41, 5.74) is 2.55. The average Bonchev–Trinajstić information content (AvgIpc) is 2.51. The van der Waals surface area contributed by atoms with Gasteiger partial charge in [0.05, 0.1) is 5.69 Å². The van der Waals surface area contributed by atoms with E-state index in [1.54, 1.807) is 24.4 Å². The zero-order valence-corrected chi connectivity index (χ0v) is 10.6. The summed E-state index contributed by atoms with van der Waals surface area (Å²) >= 11 is 0. The molecule has 0 aliphatic heterocycles. The molecule has 3 heteroatoms. The monoisotopic (exact) mass is 267 g/mol. The molecule has 0 amide bonds. The lowest BCUT2D eigenvalue weighted by Gasteiger charge is -2.07. The predicted octanol–water partition coefficient (Wildman–Crippen LogP) is 4.69. The second-order valence-electron chi connectivity index (χ2n) is 4.40. The summed E-state index contributed by atoms with van der Waals surface area (Å²) in [6.07, 6.45) is 1.70. The summed E-state index contributed by atoms with van der Waals surface area (Å²) in [5, 5.41) is 0. The van der Waals surface area contributed by atoms with Gasteiger partial charge in [0.2, 0.25) is 0 Å². The molecule has 1 aromatic heterocycles. The smallest absolute Gasteiger partial charge is 0.166 e. The molecule has 0 atom stereocenters. The minimum atomic E-state index is -0.842. The third-order valence-electron chi connectivity index (χ3n) is 3.09. The van der Waals surface area contributed by atoms with Gasteiger partial charge in [0, 0.05) is 17.3 Å². The molecule has 0 radical (unpaired) electrons. The highest BCUT2D eigenvalue weighted by Gasteiger charge is 2.10. The third kappa shape index (κ3) is 2.30. The summed E-state index contributed by atoms with van der Waals surface area (Å²) in [4.78, 5) is 4.26. The van der Waals surface area contributed by atoms with Crippen LogP contribution < -0.4 is 0 Å². The largest absolute Gasteiger partial charge is 0.256 e. The van der Waals surface area contributed by atoms with Crippen LogP contribution in [0.3, 0.4) is 0 Å². The highest BCUT2D eigenvalue weighted by molar-refractivity contribution is 5.71. The first-order valence-electron chi connectivity index (χ1n) is 6.21. The molecule has 3 aromatic rings. The summed E-state index contributed by atoms with van der Waals surface area (Å²) in [6.45, 7) is 0.